The number of hydrogen-bond acceptors (Lipinski definition) is 2. The van der Waals surface area contributed by atoms with E-state index in [1.54, 1.807) is 0 Å². The molecule has 0 aromatic rings. The molecule has 2 nitrogen and oxygen atoms in total. The summed E-state index contributed by atoms with van der Waals surface area (Å²) in [6.07, 6.45) is 3.94. The first-order valence-electron chi connectivity index (χ1n) is 7.16. The summed E-state index contributed by atoms with van der Waals surface area (Å²) in [5, 5.41) is 3.65. The maximum absolute atomic E-state index is 3.65. The molecule has 1 aliphatic heterocycles. The Morgan fingerprint density at radius 1 is 1.12 bits per heavy atom. The fourth-order valence-corrected chi connectivity index (χ4v) is 2.37. The third kappa shape index (κ3) is 6.49. The summed E-state index contributed by atoms with van der Waals surface area (Å²) in [7, 11) is 2.22. The molecule has 0 aliphatic carbocycles. The van der Waals surface area contributed by atoms with Crippen LogP contribution in [-0.2, 0) is 0 Å². The molecule has 1 unspecified atom stereocenters. The van der Waals surface area contributed by atoms with Crippen molar-refractivity contribution in [2.75, 3.05) is 26.7 Å². The monoisotopic (exact) mass is 230 g/mol. The van der Waals surface area contributed by atoms with Crippen LogP contribution < -0.4 is 5.32 Å². The Labute approximate surface area is 104 Å². The van der Waals surface area contributed by atoms with E-state index in [2.05, 4.69) is 31.1 Å². The van der Waals surface area contributed by atoms with Gasteiger partial charge in [0.25, 0.3) is 0 Å². The summed E-state index contributed by atoms with van der Waals surface area (Å²) in [5.74, 6) is 0. The Morgan fingerprint density at radius 3 is 2.00 bits per heavy atom. The second-order valence-electron chi connectivity index (χ2n) is 4.05. The molecule has 0 spiro atoms. The summed E-state index contributed by atoms with van der Waals surface area (Å²) >= 11 is 0. The minimum atomic E-state index is 0.443. The van der Waals surface area contributed by atoms with E-state index < -0.39 is 0 Å². The van der Waals surface area contributed by atoms with Gasteiger partial charge in [-0.05, 0) is 33.0 Å². The van der Waals surface area contributed by atoms with Crippen LogP contribution in [0.4, 0.5) is 0 Å². The molecule has 100 valence electrons. The maximum Gasteiger partial charge on any atom is 0.0320 e. The Kier molecular flexibility index (Phi) is 13.0. The predicted octanol–water partition coefficient (Wildman–Crippen LogP) is 3.52. The van der Waals surface area contributed by atoms with Crippen LogP contribution in [0.25, 0.3) is 0 Å². The SMILES string of the molecule is CC.CC.CCCC1(NCC)CCN(C)C1. The molecule has 1 N–H and O–H groups in total. The number of likely N-dealkylation sites (N-methyl/N-ethyl adjacent to an activating group) is 2. The highest BCUT2D eigenvalue weighted by Gasteiger charge is 2.34. The van der Waals surface area contributed by atoms with Crippen LogP contribution >= 0.6 is 0 Å². The lowest BCUT2D eigenvalue weighted by Crippen LogP contribution is -2.46. The summed E-state index contributed by atoms with van der Waals surface area (Å²) in [5.41, 5.74) is 0.443. The zero-order valence-electron chi connectivity index (χ0n) is 12.7. The fraction of sp³-hybridized carbons (Fsp3) is 1.00. The zero-order chi connectivity index (χ0) is 13.0. The van der Waals surface area contributed by atoms with Crippen molar-refractivity contribution in [2.24, 2.45) is 0 Å². The standard InChI is InChI=1S/C10H22N2.2C2H6/c1-4-6-10(11-5-2)7-8-12(3)9-10;2*1-2/h11H,4-9H2,1-3H3;2*1-2H3. The quantitative estimate of drug-likeness (QED) is 0.795. The normalized spacial score (nSPS) is 24.2. The average molecular weight is 230 g/mol. The van der Waals surface area contributed by atoms with E-state index >= 15 is 0 Å². The minimum absolute atomic E-state index is 0.443. The predicted molar refractivity (Wildman–Crippen MR) is 76.1 cm³/mol. The fourth-order valence-electron chi connectivity index (χ4n) is 2.37. The van der Waals surface area contributed by atoms with E-state index in [0.717, 1.165) is 6.54 Å². The molecule has 0 aromatic heterocycles. The second-order valence-corrected chi connectivity index (χ2v) is 4.05. The molecular weight excluding hydrogens is 196 g/mol. The molecule has 1 aliphatic rings. The van der Waals surface area contributed by atoms with Gasteiger partial charge in [-0.1, -0.05) is 48.0 Å². The van der Waals surface area contributed by atoms with Crippen LogP contribution in [0.2, 0.25) is 0 Å². The molecule has 1 atom stereocenters. The van der Waals surface area contributed by atoms with E-state index in [1.165, 1.54) is 32.4 Å². The lowest BCUT2D eigenvalue weighted by Gasteiger charge is -2.29. The Hall–Kier alpha value is -0.0800. The molecule has 1 fully saturated rings. The molecule has 0 saturated carbocycles. The Bertz CT molecular complexity index is 123. The number of nitrogens with one attached hydrogen (secondary N) is 1. The highest BCUT2D eigenvalue weighted by atomic mass is 15.2. The Balaban J connectivity index is 0. The average Bonchev–Trinajstić information content (AvgIpc) is 2.67. The first kappa shape index (κ1) is 18.3. The van der Waals surface area contributed by atoms with Crippen molar-refractivity contribution in [2.45, 2.75) is 66.3 Å². The van der Waals surface area contributed by atoms with Gasteiger partial charge in [0.05, 0.1) is 0 Å². The van der Waals surface area contributed by atoms with E-state index in [4.69, 9.17) is 0 Å². The minimum Gasteiger partial charge on any atom is -0.310 e. The lowest BCUT2D eigenvalue weighted by atomic mass is 9.93. The van der Waals surface area contributed by atoms with E-state index in [9.17, 15) is 0 Å². The van der Waals surface area contributed by atoms with Gasteiger partial charge in [0.1, 0.15) is 0 Å². The first-order chi connectivity index (χ1) is 7.72. The zero-order valence-corrected chi connectivity index (χ0v) is 12.7. The van der Waals surface area contributed by atoms with Gasteiger partial charge in [0.2, 0.25) is 0 Å². The molecule has 16 heavy (non-hydrogen) atoms. The smallest absolute Gasteiger partial charge is 0.0320 e. The van der Waals surface area contributed by atoms with Crippen molar-refractivity contribution in [3.05, 3.63) is 0 Å². The lowest BCUT2D eigenvalue weighted by molar-refractivity contribution is 0.296. The first-order valence-corrected chi connectivity index (χ1v) is 7.16. The van der Waals surface area contributed by atoms with Crippen LogP contribution in [0.1, 0.15) is 60.8 Å². The highest BCUT2D eigenvalue weighted by Crippen LogP contribution is 2.24. The molecule has 1 rings (SSSR count). The molecule has 0 radical (unpaired) electrons. The number of rotatable bonds is 4. The van der Waals surface area contributed by atoms with Crippen LogP contribution in [0.3, 0.4) is 0 Å². The van der Waals surface area contributed by atoms with E-state index in [0.29, 0.717) is 5.54 Å². The maximum atomic E-state index is 3.65. The van der Waals surface area contributed by atoms with Crippen molar-refractivity contribution < 1.29 is 0 Å². The topological polar surface area (TPSA) is 15.3 Å². The van der Waals surface area contributed by atoms with Gasteiger partial charge in [0.15, 0.2) is 0 Å². The number of nitrogens with zero attached hydrogens (tertiary/aromatic N) is 1. The molecule has 0 amide bonds. The van der Waals surface area contributed by atoms with E-state index in [1.807, 2.05) is 27.7 Å². The van der Waals surface area contributed by atoms with E-state index in [-0.39, 0.29) is 0 Å². The highest BCUT2D eigenvalue weighted by molar-refractivity contribution is 4.95. The van der Waals surface area contributed by atoms with Crippen molar-refractivity contribution in [3.8, 4) is 0 Å². The molecule has 1 heterocycles. The number of hydrogen-bond donors (Lipinski definition) is 1. The van der Waals surface area contributed by atoms with Gasteiger partial charge >= 0.3 is 0 Å². The van der Waals surface area contributed by atoms with Gasteiger partial charge in [-0.15, -0.1) is 0 Å². The third-order valence-electron chi connectivity index (χ3n) is 2.82. The van der Waals surface area contributed by atoms with Gasteiger partial charge in [-0.2, -0.15) is 0 Å². The van der Waals surface area contributed by atoms with Gasteiger partial charge < -0.3 is 10.2 Å². The molecule has 0 aromatic carbocycles. The molecule has 1 saturated heterocycles. The van der Waals surface area contributed by atoms with Crippen LogP contribution in [0.15, 0.2) is 0 Å². The van der Waals surface area contributed by atoms with Gasteiger partial charge in [-0.25, -0.2) is 0 Å². The second kappa shape index (κ2) is 11.4. The molecule has 2 heteroatoms. The van der Waals surface area contributed by atoms with Crippen molar-refractivity contribution in [1.29, 1.82) is 0 Å². The van der Waals surface area contributed by atoms with Crippen molar-refractivity contribution in [3.63, 3.8) is 0 Å². The van der Waals surface area contributed by atoms with Crippen molar-refractivity contribution >= 4 is 0 Å². The summed E-state index contributed by atoms with van der Waals surface area (Å²) in [6, 6.07) is 0. The summed E-state index contributed by atoms with van der Waals surface area (Å²) < 4.78 is 0. The Morgan fingerprint density at radius 2 is 1.69 bits per heavy atom. The summed E-state index contributed by atoms with van der Waals surface area (Å²) in [6.45, 7) is 16.1. The summed E-state index contributed by atoms with van der Waals surface area (Å²) in [4.78, 5) is 2.43. The molecule has 0 bridgehead atoms. The largest absolute Gasteiger partial charge is 0.310 e. The van der Waals surface area contributed by atoms with Crippen molar-refractivity contribution in [1.82, 2.24) is 10.2 Å². The molecular formula is C14H34N2. The van der Waals surface area contributed by atoms with Gasteiger partial charge in [0, 0.05) is 12.1 Å². The van der Waals surface area contributed by atoms with Gasteiger partial charge in [-0.3, -0.25) is 0 Å². The van der Waals surface area contributed by atoms with Crippen LogP contribution in [0.5, 0.6) is 0 Å². The van der Waals surface area contributed by atoms with Crippen LogP contribution in [-0.4, -0.2) is 37.1 Å². The van der Waals surface area contributed by atoms with Crippen LogP contribution in [0, 0.1) is 0 Å². The number of likely N-dealkylation sites (tertiary alicyclic amines) is 1. The third-order valence-corrected chi connectivity index (χ3v) is 2.82.